The molecule has 0 aromatic carbocycles. The Kier molecular flexibility index (Phi) is 3.32. The van der Waals surface area contributed by atoms with Gasteiger partial charge in [0.1, 0.15) is 3.70 Å². The van der Waals surface area contributed by atoms with Gasteiger partial charge in [-0.3, -0.25) is 4.68 Å². The fourth-order valence-electron chi connectivity index (χ4n) is 0.846. The average Bonchev–Trinajstić information content (AvgIpc) is 2.31. The largest absolute Gasteiger partial charge is 0.313 e. The van der Waals surface area contributed by atoms with Crippen molar-refractivity contribution in [1.82, 2.24) is 15.1 Å². The molecule has 0 unspecified atom stereocenters. The van der Waals surface area contributed by atoms with Crippen LogP contribution in [0.25, 0.3) is 0 Å². The standard InChI is InChI=1S/C7H12IN3/c1-3-9-4-6-5-10-11(2)7(6)8/h5,9H,3-4H2,1-2H3. The summed E-state index contributed by atoms with van der Waals surface area (Å²) >= 11 is 2.30. The number of aromatic nitrogens is 2. The van der Waals surface area contributed by atoms with E-state index in [1.54, 1.807) is 0 Å². The molecule has 0 saturated heterocycles. The van der Waals surface area contributed by atoms with E-state index in [0.717, 1.165) is 13.1 Å². The van der Waals surface area contributed by atoms with Crippen LogP contribution in [0, 0.1) is 3.70 Å². The van der Waals surface area contributed by atoms with Gasteiger partial charge in [-0.25, -0.2) is 0 Å². The minimum Gasteiger partial charge on any atom is -0.313 e. The van der Waals surface area contributed by atoms with Gasteiger partial charge in [0.25, 0.3) is 0 Å². The van der Waals surface area contributed by atoms with Crippen LogP contribution in [0.2, 0.25) is 0 Å². The first-order valence-electron chi connectivity index (χ1n) is 3.62. The first kappa shape index (κ1) is 8.99. The summed E-state index contributed by atoms with van der Waals surface area (Å²) in [5.41, 5.74) is 1.27. The molecule has 1 rings (SSSR count). The molecule has 0 amide bonds. The average molecular weight is 265 g/mol. The van der Waals surface area contributed by atoms with Crippen molar-refractivity contribution in [2.75, 3.05) is 6.54 Å². The second kappa shape index (κ2) is 4.06. The Morgan fingerprint density at radius 2 is 2.45 bits per heavy atom. The van der Waals surface area contributed by atoms with E-state index in [1.807, 2.05) is 17.9 Å². The molecular weight excluding hydrogens is 253 g/mol. The molecule has 0 aliphatic heterocycles. The van der Waals surface area contributed by atoms with Crippen LogP contribution in [0.15, 0.2) is 6.20 Å². The number of hydrogen-bond acceptors (Lipinski definition) is 2. The predicted molar refractivity (Wildman–Crippen MR) is 53.3 cm³/mol. The van der Waals surface area contributed by atoms with E-state index in [-0.39, 0.29) is 0 Å². The van der Waals surface area contributed by atoms with Crippen molar-refractivity contribution < 1.29 is 0 Å². The van der Waals surface area contributed by atoms with Gasteiger partial charge in [-0.05, 0) is 29.1 Å². The molecule has 0 aliphatic rings. The van der Waals surface area contributed by atoms with Crippen LogP contribution in [0.1, 0.15) is 12.5 Å². The summed E-state index contributed by atoms with van der Waals surface area (Å²) in [5, 5.41) is 7.40. The zero-order valence-corrected chi connectivity index (χ0v) is 8.92. The molecule has 11 heavy (non-hydrogen) atoms. The summed E-state index contributed by atoms with van der Waals surface area (Å²) in [7, 11) is 1.96. The van der Waals surface area contributed by atoms with Crippen molar-refractivity contribution in [3.8, 4) is 0 Å². The van der Waals surface area contributed by atoms with E-state index in [1.165, 1.54) is 9.26 Å². The lowest BCUT2D eigenvalue weighted by Crippen LogP contribution is -2.12. The van der Waals surface area contributed by atoms with Crippen LogP contribution < -0.4 is 5.32 Å². The van der Waals surface area contributed by atoms with Crippen LogP contribution in [0.5, 0.6) is 0 Å². The van der Waals surface area contributed by atoms with Crippen LogP contribution in [0.4, 0.5) is 0 Å². The quantitative estimate of drug-likeness (QED) is 0.830. The van der Waals surface area contributed by atoms with Gasteiger partial charge in [0.2, 0.25) is 0 Å². The molecule has 0 saturated carbocycles. The summed E-state index contributed by atoms with van der Waals surface area (Å²) < 4.78 is 3.09. The second-order valence-electron chi connectivity index (χ2n) is 2.36. The fourth-order valence-corrected chi connectivity index (χ4v) is 1.30. The maximum atomic E-state index is 4.14. The van der Waals surface area contributed by atoms with Gasteiger partial charge in [-0.1, -0.05) is 6.92 Å². The summed E-state index contributed by atoms with van der Waals surface area (Å²) in [5.74, 6) is 0. The lowest BCUT2D eigenvalue weighted by molar-refractivity contribution is 0.714. The zero-order valence-electron chi connectivity index (χ0n) is 6.76. The van der Waals surface area contributed by atoms with Crippen LogP contribution >= 0.6 is 22.6 Å². The molecule has 0 aliphatic carbocycles. The van der Waals surface area contributed by atoms with Crippen molar-refractivity contribution in [2.24, 2.45) is 7.05 Å². The number of hydrogen-bond donors (Lipinski definition) is 1. The van der Waals surface area contributed by atoms with Crippen molar-refractivity contribution in [3.05, 3.63) is 15.5 Å². The first-order valence-corrected chi connectivity index (χ1v) is 4.70. The Morgan fingerprint density at radius 3 is 2.91 bits per heavy atom. The van der Waals surface area contributed by atoms with Crippen LogP contribution in [-0.4, -0.2) is 16.3 Å². The fraction of sp³-hybridized carbons (Fsp3) is 0.571. The number of aryl methyl sites for hydroxylation is 1. The summed E-state index contributed by atoms with van der Waals surface area (Å²) in [6.07, 6.45) is 1.91. The lowest BCUT2D eigenvalue weighted by atomic mass is 10.3. The third kappa shape index (κ3) is 2.16. The molecule has 0 fully saturated rings. The molecule has 3 nitrogen and oxygen atoms in total. The molecule has 1 heterocycles. The Balaban J connectivity index is 2.63. The van der Waals surface area contributed by atoms with E-state index in [9.17, 15) is 0 Å². The third-order valence-corrected chi connectivity index (χ3v) is 2.89. The van der Waals surface area contributed by atoms with Crippen molar-refractivity contribution >= 4 is 22.6 Å². The molecule has 1 aromatic rings. The normalized spacial score (nSPS) is 10.5. The van der Waals surface area contributed by atoms with Gasteiger partial charge >= 0.3 is 0 Å². The summed E-state index contributed by atoms with van der Waals surface area (Å²) in [6, 6.07) is 0. The number of nitrogens with one attached hydrogen (secondary N) is 1. The molecule has 0 bridgehead atoms. The Morgan fingerprint density at radius 1 is 1.73 bits per heavy atom. The van der Waals surface area contributed by atoms with E-state index in [2.05, 4.69) is 39.9 Å². The second-order valence-corrected chi connectivity index (χ2v) is 3.39. The minimum atomic E-state index is 0.919. The van der Waals surface area contributed by atoms with Crippen molar-refractivity contribution in [3.63, 3.8) is 0 Å². The Labute approximate surface area is 80.3 Å². The van der Waals surface area contributed by atoms with Gasteiger partial charge in [-0.15, -0.1) is 0 Å². The van der Waals surface area contributed by atoms with Crippen molar-refractivity contribution in [2.45, 2.75) is 13.5 Å². The number of rotatable bonds is 3. The molecule has 0 atom stereocenters. The Hall–Kier alpha value is -0.100. The Bertz CT molecular complexity index is 232. The first-order chi connectivity index (χ1) is 5.25. The SMILES string of the molecule is CCNCc1cnn(C)c1I. The molecule has 4 heteroatoms. The van der Waals surface area contributed by atoms with E-state index >= 15 is 0 Å². The highest BCUT2D eigenvalue weighted by atomic mass is 127. The van der Waals surface area contributed by atoms with Crippen molar-refractivity contribution in [1.29, 1.82) is 0 Å². The van der Waals surface area contributed by atoms with Gasteiger partial charge in [-0.2, -0.15) is 5.10 Å². The molecule has 62 valence electrons. The topological polar surface area (TPSA) is 29.9 Å². The van der Waals surface area contributed by atoms with Crippen LogP contribution in [-0.2, 0) is 13.6 Å². The molecular formula is C7H12IN3. The third-order valence-electron chi connectivity index (χ3n) is 1.50. The predicted octanol–water partition coefficient (Wildman–Crippen LogP) is 1.13. The van der Waals surface area contributed by atoms with Gasteiger partial charge in [0.05, 0.1) is 6.20 Å². The highest BCUT2D eigenvalue weighted by Gasteiger charge is 2.02. The minimum absolute atomic E-state index is 0.919. The number of halogens is 1. The smallest absolute Gasteiger partial charge is 0.103 e. The molecule has 0 spiro atoms. The van der Waals surface area contributed by atoms with Gasteiger partial charge in [0.15, 0.2) is 0 Å². The van der Waals surface area contributed by atoms with E-state index in [0.29, 0.717) is 0 Å². The lowest BCUT2D eigenvalue weighted by Gasteiger charge is -1.98. The van der Waals surface area contributed by atoms with E-state index < -0.39 is 0 Å². The van der Waals surface area contributed by atoms with E-state index in [4.69, 9.17) is 0 Å². The highest BCUT2D eigenvalue weighted by Crippen LogP contribution is 2.09. The molecule has 1 N–H and O–H groups in total. The summed E-state index contributed by atoms with van der Waals surface area (Å²) in [6.45, 7) is 4.02. The zero-order chi connectivity index (χ0) is 8.27. The molecule has 1 aromatic heterocycles. The summed E-state index contributed by atoms with van der Waals surface area (Å²) in [4.78, 5) is 0. The highest BCUT2D eigenvalue weighted by molar-refractivity contribution is 14.1. The maximum absolute atomic E-state index is 4.14. The van der Waals surface area contributed by atoms with Crippen LogP contribution in [0.3, 0.4) is 0 Å². The molecule has 0 radical (unpaired) electrons. The number of nitrogens with zero attached hydrogens (tertiary/aromatic N) is 2. The van der Waals surface area contributed by atoms with Gasteiger partial charge < -0.3 is 5.32 Å². The maximum Gasteiger partial charge on any atom is 0.103 e. The monoisotopic (exact) mass is 265 g/mol. The van der Waals surface area contributed by atoms with Gasteiger partial charge in [0, 0.05) is 19.2 Å².